The first-order valence-electron chi connectivity index (χ1n) is 4.03. The van der Waals surface area contributed by atoms with Crippen molar-refractivity contribution in [1.82, 2.24) is 4.98 Å². The number of aryl methyl sites for hydroxylation is 1. The van der Waals surface area contributed by atoms with E-state index < -0.39 is 0 Å². The molecule has 66 valence electrons. The van der Waals surface area contributed by atoms with Gasteiger partial charge in [-0.3, -0.25) is 4.98 Å². The molecule has 12 heavy (non-hydrogen) atoms. The lowest BCUT2D eigenvalue weighted by molar-refractivity contribution is 0.597. The van der Waals surface area contributed by atoms with Gasteiger partial charge in [-0.15, -0.1) is 0 Å². The summed E-state index contributed by atoms with van der Waals surface area (Å²) in [6.45, 7) is 3.62. The largest absolute Gasteiger partial charge is 0.323 e. The first-order valence-corrected chi connectivity index (χ1v) is 4.03. The molecule has 1 heterocycles. The van der Waals surface area contributed by atoms with Crippen molar-refractivity contribution < 1.29 is 4.39 Å². The third-order valence-corrected chi connectivity index (χ3v) is 1.86. The highest BCUT2D eigenvalue weighted by Crippen LogP contribution is 2.12. The number of hydrogen-bond donors (Lipinski definition) is 1. The molecule has 0 aliphatic heterocycles. The molecule has 0 bridgehead atoms. The normalized spacial score (nSPS) is 13.0. The summed E-state index contributed by atoms with van der Waals surface area (Å²) < 4.78 is 12.8. The Labute approximate surface area is 71.6 Å². The SMILES string of the molecule is CC[C@H](N)c1ccc(F)c(C)n1. The van der Waals surface area contributed by atoms with Crippen molar-refractivity contribution in [1.29, 1.82) is 0 Å². The number of rotatable bonds is 2. The van der Waals surface area contributed by atoms with Crippen molar-refractivity contribution in [3.8, 4) is 0 Å². The van der Waals surface area contributed by atoms with E-state index >= 15 is 0 Å². The van der Waals surface area contributed by atoms with Gasteiger partial charge in [0.25, 0.3) is 0 Å². The van der Waals surface area contributed by atoms with Crippen LogP contribution in [0.25, 0.3) is 0 Å². The Bertz CT molecular complexity index is 273. The summed E-state index contributed by atoms with van der Waals surface area (Å²) in [6, 6.07) is 2.97. The summed E-state index contributed by atoms with van der Waals surface area (Å²) in [4.78, 5) is 4.04. The zero-order chi connectivity index (χ0) is 9.14. The molecule has 0 aliphatic rings. The molecule has 1 aromatic rings. The van der Waals surface area contributed by atoms with Crippen LogP contribution in [0.3, 0.4) is 0 Å². The molecule has 1 atom stereocenters. The quantitative estimate of drug-likeness (QED) is 0.732. The van der Waals surface area contributed by atoms with Crippen LogP contribution in [-0.2, 0) is 0 Å². The topological polar surface area (TPSA) is 38.9 Å². The number of nitrogens with zero attached hydrogens (tertiary/aromatic N) is 1. The summed E-state index contributed by atoms with van der Waals surface area (Å²) in [7, 11) is 0. The molecule has 0 unspecified atom stereocenters. The van der Waals surface area contributed by atoms with Gasteiger partial charge < -0.3 is 5.73 Å². The van der Waals surface area contributed by atoms with Gasteiger partial charge in [-0.25, -0.2) is 4.39 Å². The van der Waals surface area contributed by atoms with Crippen LogP contribution in [0.4, 0.5) is 4.39 Å². The van der Waals surface area contributed by atoms with Gasteiger partial charge in [-0.1, -0.05) is 6.92 Å². The fourth-order valence-electron chi connectivity index (χ4n) is 0.979. The zero-order valence-electron chi connectivity index (χ0n) is 7.34. The van der Waals surface area contributed by atoms with E-state index in [1.54, 1.807) is 13.0 Å². The predicted molar refractivity (Wildman–Crippen MR) is 46.2 cm³/mol. The van der Waals surface area contributed by atoms with Gasteiger partial charge in [0.1, 0.15) is 5.82 Å². The Kier molecular flexibility index (Phi) is 2.76. The average molecular weight is 168 g/mol. The van der Waals surface area contributed by atoms with E-state index in [4.69, 9.17) is 5.73 Å². The second-order valence-electron chi connectivity index (χ2n) is 2.82. The van der Waals surface area contributed by atoms with Gasteiger partial charge in [0.05, 0.1) is 11.4 Å². The minimum atomic E-state index is -0.276. The van der Waals surface area contributed by atoms with Crippen molar-refractivity contribution in [2.24, 2.45) is 5.73 Å². The molecule has 2 N–H and O–H groups in total. The van der Waals surface area contributed by atoms with Crippen LogP contribution >= 0.6 is 0 Å². The van der Waals surface area contributed by atoms with Crippen molar-refractivity contribution in [2.75, 3.05) is 0 Å². The Balaban J connectivity index is 2.96. The average Bonchev–Trinajstić information content (AvgIpc) is 2.08. The maximum absolute atomic E-state index is 12.8. The Morgan fingerprint density at radius 2 is 2.25 bits per heavy atom. The molecule has 3 heteroatoms. The smallest absolute Gasteiger partial charge is 0.144 e. The molecule has 0 saturated heterocycles. The molecule has 0 aromatic carbocycles. The molecule has 1 aromatic heterocycles. The predicted octanol–water partition coefficient (Wildman–Crippen LogP) is 1.94. The standard InChI is InChI=1S/C9H13FN2/c1-3-8(11)9-5-4-7(10)6(2)12-9/h4-5,8H,3,11H2,1-2H3/t8-/m0/s1. The second kappa shape index (κ2) is 3.63. The molecule has 2 nitrogen and oxygen atoms in total. The van der Waals surface area contributed by atoms with E-state index in [1.807, 2.05) is 6.92 Å². The van der Waals surface area contributed by atoms with Crippen LogP contribution in [0, 0.1) is 12.7 Å². The number of hydrogen-bond acceptors (Lipinski definition) is 2. The molecule has 0 radical (unpaired) electrons. The minimum Gasteiger partial charge on any atom is -0.323 e. The first-order chi connectivity index (χ1) is 5.65. The molecule has 0 spiro atoms. The van der Waals surface area contributed by atoms with E-state index in [9.17, 15) is 4.39 Å². The lowest BCUT2D eigenvalue weighted by atomic mass is 10.1. The summed E-state index contributed by atoms with van der Waals surface area (Å²) in [5.74, 6) is -0.276. The number of halogens is 1. The van der Waals surface area contributed by atoms with Crippen molar-refractivity contribution >= 4 is 0 Å². The maximum atomic E-state index is 12.8. The van der Waals surface area contributed by atoms with Crippen molar-refractivity contribution in [2.45, 2.75) is 26.3 Å². The van der Waals surface area contributed by atoms with Crippen LogP contribution in [0.1, 0.15) is 30.8 Å². The molecule has 0 saturated carbocycles. The molecule has 0 fully saturated rings. The van der Waals surface area contributed by atoms with Gasteiger partial charge in [-0.2, -0.15) is 0 Å². The van der Waals surface area contributed by atoms with Crippen LogP contribution < -0.4 is 5.73 Å². The molecule has 0 amide bonds. The Morgan fingerprint density at radius 1 is 1.58 bits per heavy atom. The highest BCUT2D eigenvalue weighted by atomic mass is 19.1. The lowest BCUT2D eigenvalue weighted by Crippen LogP contribution is -2.11. The lowest BCUT2D eigenvalue weighted by Gasteiger charge is -2.08. The number of nitrogens with two attached hydrogens (primary N) is 1. The molecular formula is C9H13FN2. The van der Waals surface area contributed by atoms with E-state index in [0.717, 1.165) is 12.1 Å². The summed E-state index contributed by atoms with van der Waals surface area (Å²) in [6.07, 6.45) is 0.818. The van der Waals surface area contributed by atoms with E-state index in [2.05, 4.69) is 4.98 Å². The molecule has 1 rings (SSSR count). The zero-order valence-corrected chi connectivity index (χ0v) is 7.34. The van der Waals surface area contributed by atoms with E-state index in [1.165, 1.54) is 6.07 Å². The van der Waals surface area contributed by atoms with Gasteiger partial charge in [0.15, 0.2) is 0 Å². The first kappa shape index (κ1) is 9.13. The fraction of sp³-hybridized carbons (Fsp3) is 0.444. The second-order valence-corrected chi connectivity index (χ2v) is 2.82. The van der Waals surface area contributed by atoms with Crippen LogP contribution in [0.5, 0.6) is 0 Å². The van der Waals surface area contributed by atoms with Crippen LogP contribution in [-0.4, -0.2) is 4.98 Å². The Hall–Kier alpha value is -0.960. The highest BCUT2D eigenvalue weighted by Gasteiger charge is 2.06. The van der Waals surface area contributed by atoms with Crippen LogP contribution in [0.15, 0.2) is 12.1 Å². The van der Waals surface area contributed by atoms with Gasteiger partial charge in [-0.05, 0) is 25.5 Å². The van der Waals surface area contributed by atoms with Crippen molar-refractivity contribution in [3.05, 3.63) is 29.3 Å². The summed E-state index contributed by atoms with van der Waals surface area (Å²) >= 11 is 0. The van der Waals surface area contributed by atoms with Gasteiger partial charge in [0, 0.05) is 6.04 Å². The van der Waals surface area contributed by atoms with E-state index in [-0.39, 0.29) is 11.9 Å². The highest BCUT2D eigenvalue weighted by molar-refractivity contribution is 5.14. The maximum Gasteiger partial charge on any atom is 0.144 e. The van der Waals surface area contributed by atoms with Crippen molar-refractivity contribution in [3.63, 3.8) is 0 Å². The van der Waals surface area contributed by atoms with Gasteiger partial charge in [0.2, 0.25) is 0 Å². The summed E-state index contributed by atoms with van der Waals surface area (Å²) in [5, 5.41) is 0. The Morgan fingerprint density at radius 3 is 2.75 bits per heavy atom. The fourth-order valence-corrected chi connectivity index (χ4v) is 0.979. The minimum absolute atomic E-state index is 0.0794. The number of aromatic nitrogens is 1. The van der Waals surface area contributed by atoms with Crippen LogP contribution in [0.2, 0.25) is 0 Å². The third kappa shape index (κ3) is 1.80. The third-order valence-electron chi connectivity index (χ3n) is 1.86. The monoisotopic (exact) mass is 168 g/mol. The molecule has 0 aliphatic carbocycles. The molecular weight excluding hydrogens is 155 g/mol. The van der Waals surface area contributed by atoms with E-state index in [0.29, 0.717) is 5.69 Å². The summed E-state index contributed by atoms with van der Waals surface area (Å²) in [5.41, 5.74) is 6.90. The number of pyridine rings is 1. The van der Waals surface area contributed by atoms with Gasteiger partial charge >= 0.3 is 0 Å².